The number of nitrogens with one attached hydrogen (secondary N) is 1. The van der Waals surface area contributed by atoms with E-state index in [0.29, 0.717) is 0 Å². The molecule has 0 aromatic carbocycles. The molecule has 66 valence electrons. The van der Waals surface area contributed by atoms with Crippen LogP contribution < -0.4 is 0 Å². The average Bonchev–Trinajstić information content (AvgIpc) is 2.87. The molecule has 0 bridgehead atoms. The van der Waals surface area contributed by atoms with Crippen molar-refractivity contribution in [3.63, 3.8) is 0 Å². The van der Waals surface area contributed by atoms with Crippen LogP contribution in [0.3, 0.4) is 0 Å². The summed E-state index contributed by atoms with van der Waals surface area (Å²) >= 11 is 0. The molecule has 1 aliphatic rings. The second-order valence-electron chi connectivity index (χ2n) is 3.74. The fourth-order valence-electron chi connectivity index (χ4n) is 1.70. The van der Waals surface area contributed by atoms with E-state index in [-0.39, 0.29) is 0 Å². The predicted molar refractivity (Wildman–Crippen MR) is 50.6 cm³/mol. The fraction of sp³-hybridized carbons (Fsp3) is 0.400. The third-order valence-electron chi connectivity index (χ3n) is 2.57. The van der Waals surface area contributed by atoms with Crippen LogP contribution in [0.1, 0.15) is 30.1 Å². The summed E-state index contributed by atoms with van der Waals surface area (Å²) in [5, 5.41) is 8.50. The minimum Gasteiger partial charge on any atom is -0.279 e. The molecule has 0 radical (unpaired) electrons. The first-order chi connectivity index (χ1) is 6.34. The molecule has 1 saturated carbocycles. The lowest BCUT2D eigenvalue weighted by atomic mass is 10.2. The Kier molecular flexibility index (Phi) is 1.26. The van der Waals surface area contributed by atoms with E-state index < -0.39 is 0 Å². The number of aromatic amines is 1. The Bertz CT molecular complexity index is 454. The molecule has 0 saturated heterocycles. The molecule has 3 rings (SSSR count). The first-order valence-electron chi connectivity index (χ1n) is 4.66. The fourth-order valence-corrected chi connectivity index (χ4v) is 1.70. The monoisotopic (exact) mass is 173 g/mol. The number of fused-ring (bicyclic) bond motifs is 1. The van der Waals surface area contributed by atoms with Gasteiger partial charge in [0.1, 0.15) is 0 Å². The van der Waals surface area contributed by atoms with E-state index in [1.165, 1.54) is 23.9 Å². The first kappa shape index (κ1) is 7.06. The van der Waals surface area contributed by atoms with Gasteiger partial charge < -0.3 is 0 Å². The summed E-state index contributed by atoms with van der Waals surface area (Å²) in [6.45, 7) is 1.99. The van der Waals surface area contributed by atoms with Crippen LogP contribution in [-0.2, 0) is 0 Å². The highest BCUT2D eigenvalue weighted by Gasteiger charge is 2.27. The van der Waals surface area contributed by atoms with E-state index in [2.05, 4.69) is 21.2 Å². The molecule has 0 unspecified atom stereocenters. The zero-order chi connectivity index (χ0) is 8.84. The van der Waals surface area contributed by atoms with Gasteiger partial charge in [-0.25, -0.2) is 4.98 Å². The number of rotatable bonds is 1. The molecular weight excluding hydrogens is 162 g/mol. The van der Waals surface area contributed by atoms with Gasteiger partial charge in [0.2, 0.25) is 0 Å². The molecule has 3 heteroatoms. The Morgan fingerprint density at radius 3 is 3.00 bits per heavy atom. The van der Waals surface area contributed by atoms with Crippen molar-refractivity contribution in [2.75, 3.05) is 0 Å². The summed E-state index contributed by atoms with van der Waals surface area (Å²) < 4.78 is 0. The number of H-pyrrole nitrogens is 1. The van der Waals surface area contributed by atoms with Crippen molar-refractivity contribution in [3.05, 3.63) is 23.5 Å². The predicted octanol–water partition coefficient (Wildman–Crippen LogP) is 2.14. The van der Waals surface area contributed by atoms with E-state index in [1.54, 1.807) is 0 Å². The summed E-state index contributed by atoms with van der Waals surface area (Å²) in [5.41, 5.74) is 3.17. The van der Waals surface area contributed by atoms with Gasteiger partial charge in [0.15, 0.2) is 5.65 Å². The SMILES string of the molecule is Cc1ccc2c(C3CC3)[nH]nc2n1. The maximum Gasteiger partial charge on any atom is 0.181 e. The van der Waals surface area contributed by atoms with Crippen LogP contribution in [-0.4, -0.2) is 15.2 Å². The molecular formula is C10H11N3. The Hall–Kier alpha value is -1.38. The first-order valence-corrected chi connectivity index (χ1v) is 4.66. The molecule has 2 aromatic rings. The molecule has 1 aliphatic carbocycles. The van der Waals surface area contributed by atoms with Gasteiger partial charge in [-0.3, -0.25) is 5.10 Å². The van der Waals surface area contributed by atoms with Crippen LogP contribution in [0.2, 0.25) is 0 Å². The molecule has 1 N–H and O–H groups in total. The Morgan fingerprint density at radius 1 is 1.38 bits per heavy atom. The second-order valence-corrected chi connectivity index (χ2v) is 3.74. The number of aromatic nitrogens is 3. The van der Waals surface area contributed by atoms with Crippen LogP contribution in [0.15, 0.2) is 12.1 Å². The highest BCUT2D eigenvalue weighted by Crippen LogP contribution is 2.41. The van der Waals surface area contributed by atoms with E-state index in [0.717, 1.165) is 17.3 Å². The molecule has 2 heterocycles. The van der Waals surface area contributed by atoms with E-state index >= 15 is 0 Å². The van der Waals surface area contributed by atoms with Crippen molar-refractivity contribution in [2.45, 2.75) is 25.7 Å². The van der Waals surface area contributed by atoms with Crippen molar-refractivity contribution in [3.8, 4) is 0 Å². The smallest absolute Gasteiger partial charge is 0.181 e. The zero-order valence-corrected chi connectivity index (χ0v) is 7.54. The zero-order valence-electron chi connectivity index (χ0n) is 7.54. The molecule has 0 atom stereocenters. The highest BCUT2D eigenvalue weighted by atomic mass is 15.2. The van der Waals surface area contributed by atoms with Crippen LogP contribution in [0, 0.1) is 6.92 Å². The Morgan fingerprint density at radius 2 is 2.23 bits per heavy atom. The maximum absolute atomic E-state index is 4.36. The van der Waals surface area contributed by atoms with Crippen LogP contribution >= 0.6 is 0 Å². The minimum absolute atomic E-state index is 0.717. The van der Waals surface area contributed by atoms with Gasteiger partial charge >= 0.3 is 0 Å². The molecule has 13 heavy (non-hydrogen) atoms. The van der Waals surface area contributed by atoms with Gasteiger partial charge in [-0.1, -0.05) is 0 Å². The molecule has 1 fully saturated rings. The second kappa shape index (κ2) is 2.31. The maximum atomic E-state index is 4.36. The van der Waals surface area contributed by atoms with Crippen molar-refractivity contribution in [1.29, 1.82) is 0 Å². The van der Waals surface area contributed by atoms with Gasteiger partial charge in [0, 0.05) is 22.7 Å². The number of aryl methyl sites for hydroxylation is 1. The summed E-state index contributed by atoms with van der Waals surface area (Å²) in [6.07, 6.45) is 2.59. The lowest BCUT2D eigenvalue weighted by Crippen LogP contribution is -1.81. The Balaban J connectivity index is 2.26. The van der Waals surface area contributed by atoms with Crippen molar-refractivity contribution in [1.82, 2.24) is 15.2 Å². The normalized spacial score (nSPS) is 16.7. The molecule has 0 amide bonds. The summed E-state index contributed by atoms with van der Waals surface area (Å²) in [7, 11) is 0. The lowest BCUT2D eigenvalue weighted by Gasteiger charge is -1.93. The molecule has 2 aromatic heterocycles. The molecule has 3 nitrogen and oxygen atoms in total. The molecule has 0 aliphatic heterocycles. The van der Waals surface area contributed by atoms with Crippen molar-refractivity contribution >= 4 is 11.0 Å². The highest BCUT2D eigenvalue weighted by molar-refractivity contribution is 5.78. The summed E-state index contributed by atoms with van der Waals surface area (Å²) in [5.74, 6) is 0.717. The van der Waals surface area contributed by atoms with Gasteiger partial charge in [0.25, 0.3) is 0 Å². The van der Waals surface area contributed by atoms with Crippen molar-refractivity contribution < 1.29 is 0 Å². The third-order valence-corrected chi connectivity index (χ3v) is 2.57. The number of nitrogens with zero attached hydrogens (tertiary/aromatic N) is 2. The topological polar surface area (TPSA) is 41.6 Å². The summed E-state index contributed by atoms with van der Waals surface area (Å²) in [4.78, 5) is 4.36. The molecule has 0 spiro atoms. The average molecular weight is 173 g/mol. The van der Waals surface area contributed by atoms with E-state index in [9.17, 15) is 0 Å². The van der Waals surface area contributed by atoms with E-state index in [4.69, 9.17) is 0 Å². The number of pyridine rings is 1. The van der Waals surface area contributed by atoms with Gasteiger partial charge in [-0.05, 0) is 31.9 Å². The van der Waals surface area contributed by atoms with Crippen LogP contribution in [0.25, 0.3) is 11.0 Å². The lowest BCUT2D eigenvalue weighted by molar-refractivity contribution is 0.973. The quantitative estimate of drug-likeness (QED) is 0.717. The van der Waals surface area contributed by atoms with E-state index in [1.807, 2.05) is 13.0 Å². The largest absolute Gasteiger partial charge is 0.279 e. The van der Waals surface area contributed by atoms with Gasteiger partial charge in [-0.2, -0.15) is 5.10 Å². The van der Waals surface area contributed by atoms with Gasteiger partial charge in [0.05, 0.1) is 0 Å². The summed E-state index contributed by atoms with van der Waals surface area (Å²) in [6, 6.07) is 4.17. The van der Waals surface area contributed by atoms with Crippen molar-refractivity contribution in [2.24, 2.45) is 0 Å². The van der Waals surface area contributed by atoms with Crippen LogP contribution in [0.5, 0.6) is 0 Å². The number of hydrogen-bond acceptors (Lipinski definition) is 2. The van der Waals surface area contributed by atoms with Gasteiger partial charge in [-0.15, -0.1) is 0 Å². The standard InChI is InChI=1S/C10H11N3/c1-6-2-5-8-9(7-3-4-7)12-13-10(8)11-6/h2,5,7H,3-4H2,1H3,(H,11,12,13). The van der Waals surface area contributed by atoms with Crippen LogP contribution in [0.4, 0.5) is 0 Å². The number of hydrogen-bond donors (Lipinski definition) is 1. The Labute approximate surface area is 76.2 Å². The third kappa shape index (κ3) is 1.03. The minimum atomic E-state index is 0.717.